The van der Waals surface area contributed by atoms with Gasteiger partial charge in [0.15, 0.2) is 5.57 Å². The normalized spacial score (nSPS) is 20.8. The van der Waals surface area contributed by atoms with E-state index in [-0.39, 0.29) is 11.3 Å². The molecular formula is C10H15NO4. The van der Waals surface area contributed by atoms with E-state index >= 15 is 0 Å². The number of rotatable bonds is 3. The van der Waals surface area contributed by atoms with Crippen LogP contribution in [0.25, 0.3) is 0 Å². The van der Waals surface area contributed by atoms with Crippen molar-refractivity contribution < 1.29 is 19.4 Å². The van der Waals surface area contributed by atoms with Crippen molar-refractivity contribution in [3.63, 3.8) is 0 Å². The molecule has 1 aliphatic rings. The Morgan fingerprint density at radius 2 is 2.20 bits per heavy atom. The van der Waals surface area contributed by atoms with E-state index in [4.69, 9.17) is 0 Å². The third kappa shape index (κ3) is 2.29. The first kappa shape index (κ1) is 11.6. The van der Waals surface area contributed by atoms with E-state index in [0.717, 1.165) is 0 Å². The minimum Gasteiger partial charge on any atom is -0.509 e. The minimum absolute atomic E-state index is 0.208. The second kappa shape index (κ2) is 4.33. The van der Waals surface area contributed by atoms with Gasteiger partial charge in [-0.2, -0.15) is 0 Å². The molecule has 0 radical (unpaired) electrons. The molecule has 15 heavy (non-hydrogen) atoms. The van der Waals surface area contributed by atoms with Crippen molar-refractivity contribution in [2.75, 3.05) is 7.11 Å². The number of carbonyl (C=O) groups excluding carboxylic acids is 2. The van der Waals surface area contributed by atoms with Gasteiger partial charge in [0.1, 0.15) is 5.76 Å². The monoisotopic (exact) mass is 213 g/mol. The predicted molar refractivity (Wildman–Crippen MR) is 53.1 cm³/mol. The number of esters is 1. The van der Waals surface area contributed by atoms with Crippen LogP contribution in [0.1, 0.15) is 20.3 Å². The number of hydrogen-bond donors (Lipinski definition) is 2. The molecule has 1 unspecified atom stereocenters. The Morgan fingerprint density at radius 3 is 2.67 bits per heavy atom. The molecule has 1 heterocycles. The maximum absolute atomic E-state index is 11.3. The summed E-state index contributed by atoms with van der Waals surface area (Å²) in [7, 11) is 1.17. The number of aliphatic hydroxyl groups is 1. The first-order valence-corrected chi connectivity index (χ1v) is 4.79. The Balaban J connectivity index is 2.88. The Labute approximate surface area is 88.1 Å². The van der Waals surface area contributed by atoms with Crippen molar-refractivity contribution in [1.82, 2.24) is 5.32 Å². The van der Waals surface area contributed by atoms with Crippen LogP contribution in [0.5, 0.6) is 0 Å². The summed E-state index contributed by atoms with van der Waals surface area (Å²) in [6, 6.07) is -0.466. The fraction of sp³-hybridized carbons (Fsp3) is 0.600. The summed E-state index contributed by atoms with van der Waals surface area (Å²) in [5.74, 6) is -1.25. The number of methoxy groups -OCH3 is 1. The van der Waals surface area contributed by atoms with Gasteiger partial charge in [-0.15, -0.1) is 0 Å². The molecule has 0 saturated carbocycles. The minimum atomic E-state index is -0.795. The zero-order valence-electron chi connectivity index (χ0n) is 9.03. The van der Waals surface area contributed by atoms with E-state index in [1.807, 2.05) is 13.8 Å². The number of carbonyl (C=O) groups is 2. The van der Waals surface area contributed by atoms with Crippen molar-refractivity contribution in [2.45, 2.75) is 26.3 Å². The third-order valence-electron chi connectivity index (χ3n) is 2.22. The SMILES string of the molecule is COC(=O)C1=C(O)C(CC(C)C)NC1=O. The molecule has 2 N–H and O–H groups in total. The van der Waals surface area contributed by atoms with E-state index in [2.05, 4.69) is 10.1 Å². The van der Waals surface area contributed by atoms with Gasteiger partial charge in [0.05, 0.1) is 13.2 Å². The van der Waals surface area contributed by atoms with Gasteiger partial charge in [-0.1, -0.05) is 13.8 Å². The summed E-state index contributed by atoms with van der Waals surface area (Å²) in [4.78, 5) is 22.5. The van der Waals surface area contributed by atoms with Gasteiger partial charge in [-0.05, 0) is 12.3 Å². The van der Waals surface area contributed by atoms with E-state index in [1.54, 1.807) is 0 Å². The predicted octanol–water partition coefficient (Wildman–Crippen LogP) is 0.516. The lowest BCUT2D eigenvalue weighted by atomic mass is 10.0. The van der Waals surface area contributed by atoms with Crippen molar-refractivity contribution in [3.05, 3.63) is 11.3 Å². The standard InChI is InChI=1S/C10H15NO4/c1-5(2)4-6-8(12)7(9(13)11-6)10(14)15-3/h5-6,12H,4H2,1-3H3,(H,11,13). The van der Waals surface area contributed by atoms with Crippen LogP contribution in [0.4, 0.5) is 0 Å². The van der Waals surface area contributed by atoms with E-state index < -0.39 is 17.9 Å². The van der Waals surface area contributed by atoms with Gasteiger partial charge in [0.2, 0.25) is 0 Å². The average molecular weight is 213 g/mol. The number of hydrogen-bond acceptors (Lipinski definition) is 4. The molecule has 0 aromatic rings. The largest absolute Gasteiger partial charge is 0.509 e. The molecular weight excluding hydrogens is 198 g/mol. The molecule has 0 saturated heterocycles. The maximum atomic E-state index is 11.3. The number of aliphatic hydroxyl groups excluding tert-OH is 1. The van der Waals surface area contributed by atoms with E-state index in [1.165, 1.54) is 7.11 Å². The number of nitrogens with one attached hydrogen (secondary N) is 1. The molecule has 1 aliphatic heterocycles. The number of amides is 1. The molecule has 5 heteroatoms. The lowest BCUT2D eigenvalue weighted by molar-refractivity contribution is -0.137. The van der Waals surface area contributed by atoms with Crippen LogP contribution in [0.2, 0.25) is 0 Å². The molecule has 0 aliphatic carbocycles. The topological polar surface area (TPSA) is 75.6 Å². The lowest BCUT2D eigenvalue weighted by Gasteiger charge is -2.12. The molecule has 1 atom stereocenters. The molecule has 0 aromatic heterocycles. The van der Waals surface area contributed by atoms with Gasteiger partial charge in [0.25, 0.3) is 5.91 Å². The maximum Gasteiger partial charge on any atom is 0.347 e. The van der Waals surface area contributed by atoms with Crippen LogP contribution in [0.3, 0.4) is 0 Å². The van der Waals surface area contributed by atoms with Gasteiger partial charge in [-0.25, -0.2) is 4.79 Å². The second-order valence-corrected chi connectivity index (χ2v) is 3.91. The summed E-state index contributed by atoms with van der Waals surface area (Å²) in [5, 5.41) is 12.2. The molecule has 0 spiro atoms. The Morgan fingerprint density at radius 1 is 1.60 bits per heavy atom. The van der Waals surface area contributed by atoms with Gasteiger partial charge in [0, 0.05) is 0 Å². The average Bonchev–Trinajstić information content (AvgIpc) is 2.40. The molecule has 5 nitrogen and oxygen atoms in total. The summed E-state index contributed by atoms with van der Waals surface area (Å²) < 4.78 is 4.41. The molecule has 0 aromatic carbocycles. The molecule has 0 fully saturated rings. The van der Waals surface area contributed by atoms with Crippen molar-refractivity contribution in [1.29, 1.82) is 0 Å². The van der Waals surface area contributed by atoms with Gasteiger partial charge < -0.3 is 15.2 Å². The van der Waals surface area contributed by atoms with Crippen LogP contribution < -0.4 is 5.32 Å². The number of ether oxygens (including phenoxy) is 1. The zero-order valence-corrected chi connectivity index (χ0v) is 9.03. The molecule has 84 valence electrons. The highest BCUT2D eigenvalue weighted by Crippen LogP contribution is 2.21. The highest BCUT2D eigenvalue weighted by atomic mass is 16.5. The molecule has 1 amide bonds. The van der Waals surface area contributed by atoms with Crippen molar-refractivity contribution in [2.24, 2.45) is 5.92 Å². The highest BCUT2D eigenvalue weighted by Gasteiger charge is 2.36. The van der Waals surface area contributed by atoms with Crippen molar-refractivity contribution in [3.8, 4) is 0 Å². The first-order chi connectivity index (χ1) is 6.97. The van der Waals surface area contributed by atoms with E-state index in [0.29, 0.717) is 12.3 Å². The Bertz CT molecular complexity index is 319. The van der Waals surface area contributed by atoms with Crippen LogP contribution in [0, 0.1) is 5.92 Å². The van der Waals surface area contributed by atoms with Crippen LogP contribution in [0.15, 0.2) is 11.3 Å². The Hall–Kier alpha value is -1.52. The fourth-order valence-electron chi connectivity index (χ4n) is 1.53. The molecule has 0 bridgehead atoms. The second-order valence-electron chi connectivity index (χ2n) is 3.91. The summed E-state index contributed by atoms with van der Waals surface area (Å²) >= 11 is 0. The summed E-state index contributed by atoms with van der Waals surface area (Å²) in [6.07, 6.45) is 0.595. The van der Waals surface area contributed by atoms with E-state index in [9.17, 15) is 14.7 Å². The van der Waals surface area contributed by atoms with Crippen LogP contribution in [-0.4, -0.2) is 30.1 Å². The smallest absolute Gasteiger partial charge is 0.347 e. The lowest BCUT2D eigenvalue weighted by Crippen LogP contribution is -2.30. The van der Waals surface area contributed by atoms with Gasteiger partial charge in [-0.3, -0.25) is 4.79 Å². The van der Waals surface area contributed by atoms with Crippen molar-refractivity contribution >= 4 is 11.9 Å². The first-order valence-electron chi connectivity index (χ1n) is 4.79. The highest BCUT2D eigenvalue weighted by molar-refractivity contribution is 6.18. The third-order valence-corrected chi connectivity index (χ3v) is 2.22. The van der Waals surface area contributed by atoms with Crippen LogP contribution in [-0.2, 0) is 14.3 Å². The zero-order chi connectivity index (χ0) is 11.6. The Kier molecular flexibility index (Phi) is 3.34. The fourth-order valence-corrected chi connectivity index (χ4v) is 1.53. The summed E-state index contributed by atoms with van der Waals surface area (Å²) in [5.41, 5.74) is -0.275. The quantitative estimate of drug-likeness (QED) is 0.529. The van der Waals surface area contributed by atoms with Gasteiger partial charge >= 0.3 is 5.97 Å². The molecule has 1 rings (SSSR count). The van der Waals surface area contributed by atoms with Crippen LogP contribution >= 0.6 is 0 Å². The summed E-state index contributed by atoms with van der Waals surface area (Å²) in [6.45, 7) is 3.94.